The predicted molar refractivity (Wildman–Crippen MR) is 220 cm³/mol. The fraction of sp³-hybridized carbons (Fsp3) is 0.386. The first-order chi connectivity index (χ1) is 26.0. The Morgan fingerprint density at radius 3 is 1.29 bits per heavy atom. The van der Waals surface area contributed by atoms with Crippen LogP contribution in [0, 0.1) is 0 Å². The van der Waals surface area contributed by atoms with Gasteiger partial charge >= 0.3 is 11.9 Å². The first kappa shape index (κ1) is 41.8. The number of rotatable bonds is 12. The number of carbonyl (C=O) groups is 3. The van der Waals surface area contributed by atoms with E-state index >= 15 is 0 Å². The highest BCUT2D eigenvalue weighted by Gasteiger charge is 2.58. The number of hydrogen-bond acceptors (Lipinski definition) is 8. The number of ether oxygens (including phenoxy) is 3. The van der Waals surface area contributed by atoms with Gasteiger partial charge in [-0.1, -0.05) is 163 Å². The second-order valence-corrected chi connectivity index (χ2v) is 24.7. The molecule has 292 valence electrons. The molecule has 9 nitrogen and oxygen atoms in total. The van der Waals surface area contributed by atoms with E-state index in [-0.39, 0.29) is 11.6 Å². The summed E-state index contributed by atoms with van der Waals surface area (Å²) in [6.07, 6.45) is -4.49. The quantitative estimate of drug-likeness (QED) is 0.154. The maximum atomic E-state index is 13.0. The molecule has 0 aromatic heterocycles. The van der Waals surface area contributed by atoms with Crippen molar-refractivity contribution in [2.24, 2.45) is 0 Å². The second-order valence-electron chi connectivity index (χ2n) is 16.2. The average molecular weight is 782 g/mol. The van der Waals surface area contributed by atoms with E-state index in [4.69, 9.17) is 23.1 Å². The molecule has 1 heterocycles. The molecular weight excluding hydrogens is 727 g/mol. The van der Waals surface area contributed by atoms with Crippen LogP contribution in [-0.2, 0) is 37.4 Å². The predicted octanol–water partition coefficient (Wildman–Crippen LogP) is 5.23. The number of benzene rings is 4. The molecule has 0 spiro atoms. The fourth-order valence-corrected chi connectivity index (χ4v) is 17.2. The first-order valence-corrected chi connectivity index (χ1v) is 22.6. The SMILES string of the molecule is CC(=O)N[C@H]1[C@H](O[Si](c2ccccc2)(c2ccccc2)C(C)(C)C)O[C@H](CO[Si](c2ccccc2)(c2ccccc2)C(C)(C)C)[C@@H](OC(C)=O)[C@@H]1OC(C)=O. The third-order valence-corrected chi connectivity index (χ3v) is 20.2. The smallest absolute Gasteiger partial charge is 0.303 e. The third-order valence-electron chi connectivity index (χ3n) is 10.2. The number of carbonyl (C=O) groups excluding carboxylic acids is 3. The molecule has 1 amide bonds. The van der Waals surface area contributed by atoms with E-state index in [0.29, 0.717) is 0 Å². The minimum Gasteiger partial charge on any atom is -0.456 e. The van der Waals surface area contributed by atoms with Crippen LogP contribution in [-0.4, -0.2) is 71.7 Å². The van der Waals surface area contributed by atoms with Gasteiger partial charge in [-0.25, -0.2) is 0 Å². The Hall–Kier alpha value is -4.40. The summed E-state index contributed by atoms with van der Waals surface area (Å²) in [5.74, 6) is -1.62. The van der Waals surface area contributed by atoms with Crippen molar-refractivity contribution in [3.8, 4) is 0 Å². The number of esters is 2. The second kappa shape index (κ2) is 17.2. The summed E-state index contributed by atoms with van der Waals surface area (Å²) in [6, 6.07) is 39.5. The summed E-state index contributed by atoms with van der Waals surface area (Å²) in [5.41, 5.74) is 0. The maximum Gasteiger partial charge on any atom is 0.303 e. The molecule has 1 saturated heterocycles. The minimum atomic E-state index is -3.33. The molecule has 1 N–H and O–H groups in total. The van der Waals surface area contributed by atoms with Crippen LogP contribution in [0.25, 0.3) is 0 Å². The molecule has 0 aliphatic carbocycles. The largest absolute Gasteiger partial charge is 0.456 e. The molecule has 0 saturated carbocycles. The van der Waals surface area contributed by atoms with Gasteiger partial charge in [-0.05, 0) is 30.8 Å². The molecule has 5 rings (SSSR count). The molecule has 4 aromatic carbocycles. The summed E-state index contributed by atoms with van der Waals surface area (Å²) < 4.78 is 33.9. The highest BCUT2D eigenvalue weighted by atomic mass is 28.4. The molecule has 55 heavy (non-hydrogen) atoms. The van der Waals surface area contributed by atoms with Crippen LogP contribution in [0.4, 0.5) is 0 Å². The van der Waals surface area contributed by atoms with Gasteiger partial charge in [0.05, 0.1) is 6.61 Å². The Kier molecular flexibility index (Phi) is 13.0. The van der Waals surface area contributed by atoms with Gasteiger partial charge in [-0.2, -0.15) is 0 Å². The van der Waals surface area contributed by atoms with Gasteiger partial charge in [0, 0.05) is 20.8 Å². The first-order valence-electron chi connectivity index (χ1n) is 18.8. The van der Waals surface area contributed by atoms with Gasteiger partial charge in [0.25, 0.3) is 16.6 Å². The molecule has 1 aliphatic heterocycles. The highest BCUT2D eigenvalue weighted by Crippen LogP contribution is 2.41. The number of hydrogen-bond donors (Lipinski definition) is 1. The lowest BCUT2D eigenvalue weighted by atomic mass is 9.96. The van der Waals surface area contributed by atoms with Crippen molar-refractivity contribution in [3.63, 3.8) is 0 Å². The van der Waals surface area contributed by atoms with Crippen molar-refractivity contribution in [3.05, 3.63) is 121 Å². The van der Waals surface area contributed by atoms with Crippen LogP contribution >= 0.6 is 0 Å². The van der Waals surface area contributed by atoms with E-state index in [2.05, 4.69) is 95.4 Å². The van der Waals surface area contributed by atoms with Crippen LogP contribution in [0.1, 0.15) is 62.3 Å². The monoisotopic (exact) mass is 781 g/mol. The zero-order valence-corrected chi connectivity index (χ0v) is 35.4. The Balaban J connectivity index is 1.71. The van der Waals surface area contributed by atoms with Gasteiger partial charge in [0.15, 0.2) is 18.5 Å². The molecule has 0 bridgehead atoms. The topological polar surface area (TPSA) is 109 Å². The van der Waals surface area contributed by atoms with Crippen molar-refractivity contribution in [2.45, 2.75) is 103 Å². The Morgan fingerprint density at radius 2 is 0.945 bits per heavy atom. The third kappa shape index (κ3) is 8.87. The van der Waals surface area contributed by atoms with E-state index in [1.807, 2.05) is 72.8 Å². The van der Waals surface area contributed by atoms with Gasteiger partial charge in [-0.15, -0.1) is 0 Å². The zero-order valence-electron chi connectivity index (χ0n) is 33.4. The zero-order chi connectivity index (χ0) is 40.0. The van der Waals surface area contributed by atoms with Crippen LogP contribution in [0.5, 0.6) is 0 Å². The van der Waals surface area contributed by atoms with Gasteiger partial charge in [0.1, 0.15) is 12.1 Å². The normalized spacial score (nSPS) is 20.6. The minimum absolute atomic E-state index is 0.0452. The molecular formula is C44H55NO8Si2. The van der Waals surface area contributed by atoms with Crippen molar-refractivity contribution in [2.75, 3.05) is 6.61 Å². The summed E-state index contributed by atoms with van der Waals surface area (Å²) in [6.45, 7) is 16.9. The Morgan fingerprint density at radius 1 is 0.582 bits per heavy atom. The van der Waals surface area contributed by atoms with Crippen LogP contribution in [0.15, 0.2) is 121 Å². The molecule has 5 atom stereocenters. The summed E-state index contributed by atoms with van der Waals surface area (Å²) in [5, 5.41) is 6.22. The van der Waals surface area contributed by atoms with Crippen molar-refractivity contribution >= 4 is 55.2 Å². The average Bonchev–Trinajstić information content (AvgIpc) is 3.13. The number of nitrogens with one attached hydrogen (secondary N) is 1. The van der Waals surface area contributed by atoms with E-state index in [1.54, 1.807) is 0 Å². The van der Waals surface area contributed by atoms with E-state index < -0.39 is 70.2 Å². The highest BCUT2D eigenvalue weighted by molar-refractivity contribution is 7.00. The van der Waals surface area contributed by atoms with E-state index in [0.717, 1.165) is 20.7 Å². The molecule has 1 aliphatic rings. The lowest BCUT2D eigenvalue weighted by Gasteiger charge is -2.51. The fourth-order valence-electron chi connectivity index (χ4n) is 8.03. The summed E-state index contributed by atoms with van der Waals surface area (Å²) >= 11 is 0. The lowest BCUT2D eigenvalue weighted by Crippen LogP contribution is -2.74. The molecule has 0 unspecified atom stereocenters. The van der Waals surface area contributed by atoms with Crippen LogP contribution < -0.4 is 26.1 Å². The maximum absolute atomic E-state index is 13.0. The van der Waals surface area contributed by atoms with Crippen molar-refractivity contribution in [1.29, 1.82) is 0 Å². The molecule has 1 fully saturated rings. The van der Waals surface area contributed by atoms with Crippen molar-refractivity contribution in [1.82, 2.24) is 5.32 Å². The lowest BCUT2D eigenvalue weighted by molar-refractivity contribution is -0.257. The van der Waals surface area contributed by atoms with E-state index in [1.165, 1.54) is 20.8 Å². The van der Waals surface area contributed by atoms with Crippen LogP contribution in [0.2, 0.25) is 10.1 Å². The van der Waals surface area contributed by atoms with Gasteiger partial charge in [0.2, 0.25) is 5.91 Å². The Labute approximate surface area is 328 Å². The number of amides is 1. The van der Waals surface area contributed by atoms with E-state index in [9.17, 15) is 14.4 Å². The summed E-state index contributed by atoms with van der Waals surface area (Å²) in [7, 11) is -6.47. The molecule has 4 aromatic rings. The van der Waals surface area contributed by atoms with Gasteiger partial charge < -0.3 is 28.4 Å². The summed E-state index contributed by atoms with van der Waals surface area (Å²) in [4.78, 5) is 38.8. The van der Waals surface area contributed by atoms with Crippen LogP contribution in [0.3, 0.4) is 0 Å². The standard InChI is InChI=1S/C44H55NO8Si2/c1-31(46)45-39-41(51-33(3)48)40(50-32(2)47)38(30-49-54(43(4,5)6,34-22-14-10-15-23-34)35-24-16-11-17-25-35)52-42(39)53-55(44(7,8)9,36-26-18-12-19-27-36)37-28-20-13-21-29-37/h10-29,38-42H,30H2,1-9H3,(H,45,46)/t38-,39-,40-,41-,42+/m1/s1. The molecule has 11 heteroatoms. The Bertz CT molecular complexity index is 1800. The van der Waals surface area contributed by atoms with Crippen molar-refractivity contribution < 1.29 is 37.4 Å². The van der Waals surface area contributed by atoms with Gasteiger partial charge in [-0.3, -0.25) is 14.4 Å². The molecule has 0 radical (unpaired) electrons.